The molecule has 0 unspecified atom stereocenters. The predicted molar refractivity (Wildman–Crippen MR) is 106 cm³/mol. The maximum atomic E-state index is 13.2. The fraction of sp³-hybridized carbons (Fsp3) is 0.438. The van der Waals surface area contributed by atoms with Crippen LogP contribution in [-0.4, -0.2) is 66.9 Å². The topological polar surface area (TPSA) is 131 Å². The summed E-state index contributed by atoms with van der Waals surface area (Å²) in [6.07, 6.45) is 2.61. The smallest absolute Gasteiger partial charge is 0.358 e. The summed E-state index contributed by atoms with van der Waals surface area (Å²) < 4.78 is 55.2. The number of pyridine rings is 1. The first kappa shape index (κ1) is 20.4. The molecule has 0 radical (unpaired) electrons. The van der Waals surface area contributed by atoms with Crippen molar-refractivity contribution in [2.45, 2.75) is 19.4 Å². The Bertz CT molecular complexity index is 1050. The normalized spacial score (nSPS) is 19.3. The molecule has 30 heavy (non-hydrogen) atoms. The molecule has 0 aliphatic carbocycles. The molecule has 0 saturated carbocycles. The summed E-state index contributed by atoms with van der Waals surface area (Å²) in [6, 6.07) is 1.57. The molecular weight excluding hydrogens is 422 g/mol. The lowest BCUT2D eigenvalue weighted by atomic mass is 10.1. The number of H-pyrrole nitrogens is 1. The highest BCUT2D eigenvalue weighted by atomic mass is 32.2. The van der Waals surface area contributed by atoms with Gasteiger partial charge in [-0.3, -0.25) is 9.40 Å². The number of halogens is 2. The largest absolute Gasteiger partial charge is 0.377 e. The van der Waals surface area contributed by atoms with Crippen LogP contribution in [0.1, 0.15) is 18.1 Å². The maximum Gasteiger partial charge on any atom is 0.358 e. The Kier molecular flexibility index (Phi) is 5.29. The molecule has 4 heterocycles. The van der Waals surface area contributed by atoms with Gasteiger partial charge < -0.3 is 20.4 Å². The number of fused-ring (bicyclic) bond motifs is 1. The van der Waals surface area contributed by atoms with E-state index in [1.807, 2.05) is 11.8 Å². The number of morpholine rings is 1. The number of aromatic amines is 1. The van der Waals surface area contributed by atoms with Gasteiger partial charge in [0.05, 0.1) is 36.7 Å². The summed E-state index contributed by atoms with van der Waals surface area (Å²) in [5.74, 6) is 1.10. The minimum absolute atomic E-state index is 0.0241. The summed E-state index contributed by atoms with van der Waals surface area (Å²) in [4.78, 5) is 6.63. The molecule has 3 N–H and O–H groups in total. The second-order valence-corrected chi connectivity index (χ2v) is 8.50. The molecule has 0 amide bonds. The lowest BCUT2D eigenvalue weighted by Crippen LogP contribution is -2.44. The first-order chi connectivity index (χ1) is 14.3. The minimum Gasteiger partial charge on any atom is -0.377 e. The van der Waals surface area contributed by atoms with Gasteiger partial charge in [-0.25, -0.2) is 4.98 Å². The maximum absolute atomic E-state index is 13.2. The van der Waals surface area contributed by atoms with Crippen molar-refractivity contribution in [1.29, 1.82) is 5.41 Å². The van der Waals surface area contributed by atoms with Gasteiger partial charge in [0.2, 0.25) is 0 Å². The van der Waals surface area contributed by atoms with Crippen LogP contribution < -0.4 is 14.5 Å². The number of anilines is 4. The third-order valence-electron chi connectivity index (χ3n) is 5.09. The molecule has 0 aromatic carbocycles. The molecule has 1 atom stereocenters. The summed E-state index contributed by atoms with van der Waals surface area (Å²) in [7, 11) is -5.05. The summed E-state index contributed by atoms with van der Waals surface area (Å²) in [5, 5.41) is 17.4. The van der Waals surface area contributed by atoms with E-state index in [1.165, 1.54) is 6.20 Å². The molecule has 2 aromatic heterocycles. The third-order valence-corrected chi connectivity index (χ3v) is 6.36. The lowest BCUT2D eigenvalue weighted by molar-refractivity contribution is -0.0540. The average Bonchev–Trinajstić information content (AvgIpc) is 3.38. The number of nitrogens with one attached hydrogen (secondary N) is 3. The minimum atomic E-state index is -5.05. The molecule has 162 valence electrons. The van der Waals surface area contributed by atoms with E-state index in [9.17, 15) is 17.4 Å². The van der Waals surface area contributed by atoms with Crippen LogP contribution in [0.4, 0.5) is 32.1 Å². The fourth-order valence-corrected chi connectivity index (χ4v) is 4.63. The zero-order valence-corrected chi connectivity index (χ0v) is 16.8. The zero-order chi connectivity index (χ0) is 21.5. The molecule has 1 saturated heterocycles. The van der Waals surface area contributed by atoms with Crippen LogP contribution in [0.2, 0.25) is 0 Å². The molecule has 2 aromatic rings. The van der Waals surface area contributed by atoms with E-state index in [0.29, 0.717) is 41.3 Å². The van der Waals surface area contributed by atoms with Crippen molar-refractivity contribution in [3.63, 3.8) is 0 Å². The van der Waals surface area contributed by atoms with Crippen molar-refractivity contribution in [2.75, 3.05) is 40.8 Å². The number of hydrogen-bond acceptors (Lipinski definition) is 8. The van der Waals surface area contributed by atoms with Gasteiger partial charge in [-0.1, -0.05) is 8.96 Å². The Morgan fingerprint density at radius 3 is 2.87 bits per heavy atom. The Morgan fingerprint density at radius 1 is 1.43 bits per heavy atom. The highest BCUT2D eigenvalue weighted by molar-refractivity contribution is 7.90. The first-order valence-electron chi connectivity index (χ1n) is 9.17. The molecule has 2 aliphatic heterocycles. The number of hydrogen-bond donors (Lipinski definition) is 3. The monoisotopic (exact) mass is 442 g/mol. The van der Waals surface area contributed by atoms with Crippen LogP contribution in [0.3, 0.4) is 0 Å². The molecule has 4 rings (SSSR count). The lowest BCUT2D eigenvalue weighted by Gasteiger charge is -2.36. The van der Waals surface area contributed by atoms with Crippen molar-refractivity contribution in [3.05, 3.63) is 23.4 Å². The van der Waals surface area contributed by atoms with E-state index in [2.05, 4.69) is 20.5 Å². The second-order valence-electron chi connectivity index (χ2n) is 6.88. The van der Waals surface area contributed by atoms with E-state index >= 15 is 0 Å². The van der Waals surface area contributed by atoms with Crippen LogP contribution in [0, 0.1) is 5.41 Å². The molecule has 14 heteroatoms. The Morgan fingerprint density at radius 2 is 2.23 bits per heavy atom. The van der Waals surface area contributed by atoms with Crippen molar-refractivity contribution in [1.82, 2.24) is 19.9 Å². The van der Waals surface area contributed by atoms with Crippen LogP contribution in [0.5, 0.6) is 0 Å². The van der Waals surface area contributed by atoms with Crippen molar-refractivity contribution in [3.8, 4) is 0 Å². The SMILES string of the molecule is C[C@@H]1COCCN1c1nc(Nc2ccn[nH]2)c(C=N)c2c1CCN2S(=O)(=O)N(F)F. The first-order valence-corrected chi connectivity index (χ1v) is 10.6. The Labute approximate surface area is 171 Å². The number of nitrogens with zero attached hydrogens (tertiary/aromatic N) is 5. The summed E-state index contributed by atoms with van der Waals surface area (Å²) in [5.41, 5.74) is 0.617. The molecular formula is C16H20F2N8O3S. The molecule has 1 fully saturated rings. The second kappa shape index (κ2) is 7.77. The van der Waals surface area contributed by atoms with Crippen LogP contribution in [0.15, 0.2) is 12.3 Å². The molecule has 0 spiro atoms. The standard InChI is InChI=1S/C16H20F2N8O3S/c1-10-9-29-7-6-24(10)16-11-3-5-25(30(27,28)26(17)18)14(11)12(8-19)15(22-16)21-13-2-4-20-23-13/h2,4,8,10,19H,3,5-7,9H2,1H3,(H2,20,21,22,23)/t10-/m1/s1. The van der Waals surface area contributed by atoms with Gasteiger partial charge in [-0.15, -0.1) is 0 Å². The zero-order valence-electron chi connectivity index (χ0n) is 16.0. The van der Waals surface area contributed by atoms with Gasteiger partial charge in [-0.2, -0.15) is 13.5 Å². The Hall–Kier alpha value is -2.84. The highest BCUT2D eigenvalue weighted by Crippen LogP contribution is 2.43. The predicted octanol–water partition coefficient (Wildman–Crippen LogP) is 1.45. The fourth-order valence-electron chi connectivity index (χ4n) is 3.72. The van der Waals surface area contributed by atoms with Crippen molar-refractivity contribution in [2.24, 2.45) is 0 Å². The molecule has 0 bridgehead atoms. The van der Waals surface area contributed by atoms with Crippen molar-refractivity contribution < 1.29 is 22.1 Å². The average molecular weight is 442 g/mol. The van der Waals surface area contributed by atoms with E-state index in [4.69, 9.17) is 10.1 Å². The van der Waals surface area contributed by atoms with Crippen LogP contribution in [-0.2, 0) is 21.4 Å². The number of aromatic nitrogens is 3. The Balaban J connectivity index is 1.92. The summed E-state index contributed by atoms with van der Waals surface area (Å²) >= 11 is 0. The summed E-state index contributed by atoms with van der Waals surface area (Å²) in [6.45, 7) is 3.19. The van der Waals surface area contributed by atoms with E-state index in [1.54, 1.807) is 6.07 Å². The quantitative estimate of drug-likeness (QED) is 0.456. The third kappa shape index (κ3) is 3.36. The number of ether oxygens (including phenoxy) is 1. The highest BCUT2D eigenvalue weighted by Gasteiger charge is 2.41. The van der Waals surface area contributed by atoms with Gasteiger partial charge in [0.25, 0.3) is 0 Å². The van der Waals surface area contributed by atoms with Gasteiger partial charge in [0.15, 0.2) is 4.75 Å². The van der Waals surface area contributed by atoms with E-state index < -0.39 is 15.0 Å². The van der Waals surface area contributed by atoms with Gasteiger partial charge in [0, 0.05) is 30.9 Å². The number of rotatable bonds is 6. The van der Waals surface area contributed by atoms with Gasteiger partial charge >= 0.3 is 10.2 Å². The van der Waals surface area contributed by atoms with E-state index in [0.717, 1.165) is 6.21 Å². The van der Waals surface area contributed by atoms with E-state index in [-0.39, 0.29) is 36.1 Å². The molecule has 11 nitrogen and oxygen atoms in total. The van der Waals surface area contributed by atoms with Crippen LogP contribution in [0.25, 0.3) is 0 Å². The van der Waals surface area contributed by atoms with Crippen LogP contribution >= 0.6 is 0 Å². The molecule has 2 aliphatic rings. The van der Waals surface area contributed by atoms with Gasteiger partial charge in [0.1, 0.15) is 17.5 Å². The van der Waals surface area contributed by atoms with Crippen molar-refractivity contribution >= 4 is 39.6 Å². The van der Waals surface area contributed by atoms with Gasteiger partial charge in [-0.05, 0) is 13.3 Å².